The van der Waals surface area contributed by atoms with Gasteiger partial charge in [-0.2, -0.15) is 0 Å². The minimum absolute atomic E-state index is 0.190. The smallest absolute Gasteiger partial charge is 0.279 e. The average molecular weight is 349 g/mol. The number of likely N-dealkylation sites (N-methyl/N-ethyl adjacent to an activating group) is 1. The molecule has 1 aromatic heterocycles. The van der Waals surface area contributed by atoms with E-state index < -0.39 is 0 Å². The number of carbonyl (C=O) groups excluding carboxylic acids is 1. The Kier molecular flexibility index (Phi) is 5.53. The van der Waals surface area contributed by atoms with Crippen LogP contribution in [0.4, 0.5) is 5.69 Å². The Morgan fingerprint density at radius 2 is 1.95 bits per heavy atom. The molecule has 2 aromatic rings. The van der Waals surface area contributed by atoms with Gasteiger partial charge in [0.05, 0.1) is 29.0 Å². The summed E-state index contributed by atoms with van der Waals surface area (Å²) in [6, 6.07) is 6.75. The summed E-state index contributed by atoms with van der Waals surface area (Å²) in [7, 11) is 1.90. The standard InChI is InChI=1S/C14H13Cl3N2O2/c1-19(7-10-3-2-4-21-10)8-13(20)18-14-11(16)5-9(15)6-12(14)17/h2-6H,7-8H2,1H3,(H,18,20)/p+1. The summed E-state index contributed by atoms with van der Waals surface area (Å²) in [4.78, 5) is 13.0. The average Bonchev–Trinajstić information content (AvgIpc) is 2.86. The molecule has 2 N–H and O–H groups in total. The highest BCUT2D eigenvalue weighted by atomic mass is 35.5. The molecule has 0 aliphatic rings. The van der Waals surface area contributed by atoms with E-state index >= 15 is 0 Å². The summed E-state index contributed by atoms with van der Waals surface area (Å²) >= 11 is 17.9. The second-order valence-electron chi connectivity index (χ2n) is 4.68. The number of furan rings is 1. The van der Waals surface area contributed by atoms with Crippen LogP contribution in [0.1, 0.15) is 5.76 Å². The molecule has 0 aliphatic carbocycles. The number of rotatable bonds is 5. The molecule has 0 saturated heterocycles. The molecule has 1 unspecified atom stereocenters. The number of carbonyl (C=O) groups is 1. The topological polar surface area (TPSA) is 46.7 Å². The van der Waals surface area contributed by atoms with E-state index in [1.165, 1.54) is 12.1 Å². The molecule has 1 aromatic carbocycles. The molecule has 0 saturated carbocycles. The summed E-state index contributed by atoms with van der Waals surface area (Å²) in [6.07, 6.45) is 1.61. The van der Waals surface area contributed by atoms with Gasteiger partial charge in [0.25, 0.3) is 5.91 Å². The molecule has 1 atom stereocenters. The number of halogens is 3. The molecule has 1 heterocycles. The minimum atomic E-state index is -0.190. The molecule has 0 fully saturated rings. The molecule has 0 spiro atoms. The third-order valence-corrected chi connectivity index (χ3v) is 3.60. The Hall–Kier alpha value is -1.20. The molecule has 7 heteroatoms. The van der Waals surface area contributed by atoms with Gasteiger partial charge in [-0.05, 0) is 24.3 Å². The van der Waals surface area contributed by atoms with Gasteiger partial charge in [0.1, 0.15) is 6.54 Å². The van der Waals surface area contributed by atoms with Crippen molar-refractivity contribution in [3.05, 3.63) is 51.4 Å². The first-order valence-corrected chi connectivity index (χ1v) is 7.37. The van der Waals surface area contributed by atoms with Gasteiger partial charge >= 0.3 is 0 Å². The van der Waals surface area contributed by atoms with E-state index in [0.717, 1.165) is 10.7 Å². The number of anilines is 1. The van der Waals surface area contributed by atoms with Crippen molar-refractivity contribution >= 4 is 46.4 Å². The van der Waals surface area contributed by atoms with Crippen LogP contribution in [0.3, 0.4) is 0 Å². The SMILES string of the molecule is C[NH+](CC(=O)Nc1c(Cl)cc(Cl)cc1Cl)Cc1ccco1. The lowest BCUT2D eigenvalue weighted by molar-refractivity contribution is -0.886. The third kappa shape index (κ3) is 4.64. The van der Waals surface area contributed by atoms with Gasteiger partial charge in [0.2, 0.25) is 0 Å². The maximum Gasteiger partial charge on any atom is 0.279 e. The molecule has 1 amide bonds. The second-order valence-corrected chi connectivity index (χ2v) is 5.93. The Morgan fingerprint density at radius 1 is 1.29 bits per heavy atom. The van der Waals surface area contributed by atoms with Crippen LogP contribution in [-0.2, 0) is 11.3 Å². The van der Waals surface area contributed by atoms with Gasteiger partial charge in [0.15, 0.2) is 12.3 Å². The Labute approximate surface area is 137 Å². The summed E-state index contributed by atoms with van der Waals surface area (Å²) in [6.45, 7) is 0.873. The lowest BCUT2D eigenvalue weighted by Crippen LogP contribution is -3.08. The van der Waals surface area contributed by atoms with Crippen LogP contribution in [-0.4, -0.2) is 19.5 Å². The fourth-order valence-electron chi connectivity index (χ4n) is 1.89. The normalized spacial score (nSPS) is 12.2. The van der Waals surface area contributed by atoms with Crippen molar-refractivity contribution in [2.24, 2.45) is 0 Å². The fourth-order valence-corrected chi connectivity index (χ4v) is 2.80. The van der Waals surface area contributed by atoms with E-state index in [1.54, 1.807) is 6.26 Å². The highest BCUT2D eigenvalue weighted by molar-refractivity contribution is 6.42. The molecule has 4 nitrogen and oxygen atoms in total. The van der Waals surface area contributed by atoms with Gasteiger partial charge in [-0.15, -0.1) is 0 Å². The molecular formula is C14H14Cl3N2O2+. The maximum absolute atomic E-state index is 12.0. The van der Waals surface area contributed by atoms with E-state index in [-0.39, 0.29) is 12.5 Å². The molecule has 0 aliphatic heterocycles. The number of hydrogen-bond acceptors (Lipinski definition) is 2. The van der Waals surface area contributed by atoms with Gasteiger partial charge in [-0.3, -0.25) is 4.79 Å². The summed E-state index contributed by atoms with van der Waals surface area (Å²) in [5, 5.41) is 3.74. The van der Waals surface area contributed by atoms with Gasteiger partial charge < -0.3 is 14.6 Å². The maximum atomic E-state index is 12.0. The first-order valence-electron chi connectivity index (χ1n) is 6.24. The summed E-state index contributed by atoms with van der Waals surface area (Å²) in [5.74, 6) is 0.632. The van der Waals surface area contributed by atoms with Crippen molar-refractivity contribution in [2.45, 2.75) is 6.54 Å². The minimum Gasteiger partial charge on any atom is -0.463 e. The molecular weight excluding hydrogens is 335 g/mol. The quantitative estimate of drug-likeness (QED) is 0.873. The van der Waals surface area contributed by atoms with Crippen molar-refractivity contribution in [3.63, 3.8) is 0 Å². The van der Waals surface area contributed by atoms with E-state index in [0.29, 0.717) is 27.3 Å². The van der Waals surface area contributed by atoms with Crippen LogP contribution < -0.4 is 10.2 Å². The number of nitrogens with one attached hydrogen (secondary N) is 2. The zero-order valence-electron chi connectivity index (χ0n) is 11.3. The van der Waals surface area contributed by atoms with Crippen molar-refractivity contribution in [3.8, 4) is 0 Å². The Morgan fingerprint density at radius 3 is 2.52 bits per heavy atom. The zero-order valence-corrected chi connectivity index (χ0v) is 13.5. The van der Waals surface area contributed by atoms with Crippen LogP contribution in [0.15, 0.2) is 34.9 Å². The predicted octanol–water partition coefficient (Wildman–Crippen LogP) is 2.89. The van der Waals surface area contributed by atoms with E-state index in [1.807, 2.05) is 19.2 Å². The highest BCUT2D eigenvalue weighted by Gasteiger charge is 2.15. The monoisotopic (exact) mass is 347 g/mol. The van der Waals surface area contributed by atoms with Crippen molar-refractivity contribution in [1.82, 2.24) is 0 Å². The number of benzene rings is 1. The lowest BCUT2D eigenvalue weighted by atomic mass is 10.3. The van der Waals surface area contributed by atoms with Gasteiger partial charge in [-0.1, -0.05) is 34.8 Å². The van der Waals surface area contributed by atoms with Crippen LogP contribution in [0.25, 0.3) is 0 Å². The Bertz CT molecular complexity index is 606. The van der Waals surface area contributed by atoms with Crippen LogP contribution in [0, 0.1) is 0 Å². The number of hydrogen-bond donors (Lipinski definition) is 2. The van der Waals surface area contributed by atoms with Crippen molar-refractivity contribution < 1.29 is 14.1 Å². The van der Waals surface area contributed by atoms with Crippen LogP contribution in [0.2, 0.25) is 15.1 Å². The third-order valence-electron chi connectivity index (χ3n) is 2.79. The van der Waals surface area contributed by atoms with E-state index in [4.69, 9.17) is 39.2 Å². The predicted molar refractivity (Wildman–Crippen MR) is 84.3 cm³/mol. The summed E-state index contributed by atoms with van der Waals surface area (Å²) in [5.41, 5.74) is 0.374. The molecule has 112 valence electrons. The molecule has 0 radical (unpaired) electrons. The molecule has 21 heavy (non-hydrogen) atoms. The lowest BCUT2D eigenvalue weighted by Gasteiger charge is -2.14. The Balaban J connectivity index is 1.95. The van der Waals surface area contributed by atoms with Gasteiger partial charge in [-0.25, -0.2) is 0 Å². The van der Waals surface area contributed by atoms with Crippen LogP contribution in [0.5, 0.6) is 0 Å². The van der Waals surface area contributed by atoms with Crippen LogP contribution >= 0.6 is 34.8 Å². The van der Waals surface area contributed by atoms with Crippen molar-refractivity contribution in [1.29, 1.82) is 0 Å². The second kappa shape index (κ2) is 7.18. The van der Waals surface area contributed by atoms with Crippen molar-refractivity contribution in [2.75, 3.05) is 18.9 Å². The summed E-state index contributed by atoms with van der Waals surface area (Å²) < 4.78 is 5.25. The highest BCUT2D eigenvalue weighted by Crippen LogP contribution is 2.33. The molecule has 0 bridgehead atoms. The fraction of sp³-hybridized carbons (Fsp3) is 0.214. The van der Waals surface area contributed by atoms with Gasteiger partial charge in [0, 0.05) is 5.02 Å². The molecule has 2 rings (SSSR count). The largest absolute Gasteiger partial charge is 0.463 e. The number of amides is 1. The zero-order chi connectivity index (χ0) is 15.4. The van der Waals surface area contributed by atoms with E-state index in [9.17, 15) is 4.79 Å². The first kappa shape index (κ1) is 16.2. The number of quaternary nitrogens is 1. The van der Waals surface area contributed by atoms with E-state index in [2.05, 4.69) is 5.32 Å². The first-order chi connectivity index (χ1) is 9.95.